The van der Waals surface area contributed by atoms with E-state index in [1.54, 1.807) is 6.26 Å². The van der Waals surface area contributed by atoms with Gasteiger partial charge in [0, 0.05) is 25.2 Å². The van der Waals surface area contributed by atoms with Gasteiger partial charge in [-0.15, -0.1) is 0 Å². The van der Waals surface area contributed by atoms with Crippen molar-refractivity contribution in [1.82, 2.24) is 4.90 Å². The van der Waals surface area contributed by atoms with E-state index in [9.17, 15) is 4.79 Å². The lowest BCUT2D eigenvalue weighted by Crippen LogP contribution is -2.61. The van der Waals surface area contributed by atoms with E-state index in [1.165, 1.54) is 6.08 Å². The molecule has 3 rings (SSSR count). The SMILES string of the molecule is C=CC(=O)N1CC2(CCOCC2)C1c1ccco1. The van der Waals surface area contributed by atoms with Crippen LogP contribution >= 0.6 is 0 Å². The van der Waals surface area contributed by atoms with E-state index in [2.05, 4.69) is 6.58 Å². The Morgan fingerprint density at radius 3 is 2.89 bits per heavy atom. The molecule has 0 radical (unpaired) electrons. The molecule has 4 nitrogen and oxygen atoms in total. The van der Waals surface area contributed by atoms with Crippen molar-refractivity contribution in [3.63, 3.8) is 0 Å². The van der Waals surface area contributed by atoms with E-state index >= 15 is 0 Å². The first kappa shape index (κ1) is 11.5. The molecule has 0 aliphatic carbocycles. The predicted octanol–water partition coefficient (Wildman–Crippen LogP) is 2.15. The van der Waals surface area contributed by atoms with Crippen LogP contribution in [0.1, 0.15) is 24.6 Å². The Hall–Kier alpha value is -1.55. The van der Waals surface area contributed by atoms with E-state index in [4.69, 9.17) is 9.15 Å². The van der Waals surface area contributed by atoms with Crippen molar-refractivity contribution < 1.29 is 13.9 Å². The number of hydrogen-bond acceptors (Lipinski definition) is 3. The quantitative estimate of drug-likeness (QED) is 0.752. The van der Waals surface area contributed by atoms with Gasteiger partial charge in [0.15, 0.2) is 0 Å². The number of carbonyl (C=O) groups is 1. The topological polar surface area (TPSA) is 42.7 Å². The van der Waals surface area contributed by atoms with Crippen LogP contribution < -0.4 is 0 Å². The molecule has 0 N–H and O–H groups in total. The summed E-state index contributed by atoms with van der Waals surface area (Å²) in [6.45, 7) is 5.89. The Morgan fingerprint density at radius 2 is 2.28 bits per heavy atom. The summed E-state index contributed by atoms with van der Waals surface area (Å²) in [5.74, 6) is 0.854. The maximum Gasteiger partial charge on any atom is 0.246 e. The van der Waals surface area contributed by atoms with E-state index in [-0.39, 0.29) is 17.4 Å². The lowest BCUT2D eigenvalue weighted by Gasteiger charge is -2.57. The molecule has 2 saturated heterocycles. The number of rotatable bonds is 2. The number of nitrogens with zero attached hydrogens (tertiary/aromatic N) is 1. The average molecular weight is 247 g/mol. The highest BCUT2D eigenvalue weighted by molar-refractivity contribution is 5.88. The zero-order valence-electron chi connectivity index (χ0n) is 10.3. The van der Waals surface area contributed by atoms with Crippen molar-refractivity contribution in [3.8, 4) is 0 Å². The largest absolute Gasteiger partial charge is 0.467 e. The first-order valence-electron chi connectivity index (χ1n) is 6.31. The van der Waals surface area contributed by atoms with Crippen LogP contribution in [0.15, 0.2) is 35.5 Å². The smallest absolute Gasteiger partial charge is 0.246 e. The van der Waals surface area contributed by atoms with Crippen LogP contribution in [0.5, 0.6) is 0 Å². The van der Waals surface area contributed by atoms with Crippen molar-refractivity contribution in [2.75, 3.05) is 19.8 Å². The number of hydrogen-bond donors (Lipinski definition) is 0. The highest BCUT2D eigenvalue weighted by atomic mass is 16.5. The summed E-state index contributed by atoms with van der Waals surface area (Å²) >= 11 is 0. The van der Waals surface area contributed by atoms with Crippen LogP contribution in [0.3, 0.4) is 0 Å². The first-order valence-corrected chi connectivity index (χ1v) is 6.31. The third-order valence-corrected chi connectivity index (χ3v) is 4.14. The van der Waals surface area contributed by atoms with Gasteiger partial charge in [0.2, 0.25) is 5.91 Å². The molecule has 0 saturated carbocycles. The van der Waals surface area contributed by atoms with Gasteiger partial charge in [-0.2, -0.15) is 0 Å². The van der Waals surface area contributed by atoms with Crippen molar-refractivity contribution in [2.45, 2.75) is 18.9 Å². The van der Waals surface area contributed by atoms with E-state index in [0.29, 0.717) is 0 Å². The Bertz CT molecular complexity index is 446. The van der Waals surface area contributed by atoms with Crippen LogP contribution in [0.2, 0.25) is 0 Å². The third-order valence-electron chi connectivity index (χ3n) is 4.14. The van der Waals surface area contributed by atoms with Crippen LogP contribution in [0, 0.1) is 5.41 Å². The molecule has 1 unspecified atom stereocenters. The summed E-state index contributed by atoms with van der Waals surface area (Å²) < 4.78 is 11.0. The lowest BCUT2D eigenvalue weighted by atomic mass is 9.65. The minimum Gasteiger partial charge on any atom is -0.467 e. The van der Waals surface area contributed by atoms with Crippen molar-refractivity contribution in [2.24, 2.45) is 5.41 Å². The van der Waals surface area contributed by atoms with Gasteiger partial charge in [0.05, 0.1) is 12.3 Å². The molecule has 1 amide bonds. The highest BCUT2D eigenvalue weighted by Gasteiger charge is 2.56. The molecule has 1 aromatic rings. The van der Waals surface area contributed by atoms with Crippen LogP contribution in [-0.2, 0) is 9.53 Å². The predicted molar refractivity (Wildman–Crippen MR) is 65.8 cm³/mol. The summed E-state index contributed by atoms with van der Waals surface area (Å²) in [4.78, 5) is 13.7. The van der Waals surface area contributed by atoms with Gasteiger partial charge in [-0.1, -0.05) is 6.58 Å². The molecular formula is C14H17NO3. The fourth-order valence-corrected chi connectivity index (χ4v) is 3.17. The molecule has 3 heterocycles. The number of likely N-dealkylation sites (tertiary alicyclic amines) is 1. The van der Waals surface area contributed by atoms with Gasteiger partial charge in [-0.3, -0.25) is 4.79 Å². The standard InChI is InChI=1S/C14H17NO3/c1-2-12(16)15-10-14(5-8-17-9-6-14)13(15)11-4-3-7-18-11/h2-4,7,13H,1,5-6,8-10H2. The molecule has 0 bridgehead atoms. The second-order valence-electron chi connectivity index (χ2n) is 5.06. The highest BCUT2D eigenvalue weighted by Crippen LogP contribution is 2.54. The number of carbonyl (C=O) groups excluding carboxylic acids is 1. The first-order chi connectivity index (χ1) is 8.77. The van der Waals surface area contributed by atoms with Gasteiger partial charge in [0.1, 0.15) is 5.76 Å². The monoisotopic (exact) mass is 247 g/mol. The number of furan rings is 1. The zero-order valence-corrected chi connectivity index (χ0v) is 10.3. The van der Waals surface area contributed by atoms with E-state index in [0.717, 1.165) is 38.4 Å². The molecule has 2 aliphatic rings. The number of amides is 1. The van der Waals surface area contributed by atoms with Gasteiger partial charge in [-0.25, -0.2) is 0 Å². The maximum absolute atomic E-state index is 11.9. The van der Waals surface area contributed by atoms with Gasteiger partial charge < -0.3 is 14.1 Å². The van der Waals surface area contributed by atoms with Gasteiger partial charge in [0.25, 0.3) is 0 Å². The fourth-order valence-electron chi connectivity index (χ4n) is 3.17. The Balaban J connectivity index is 1.89. The second kappa shape index (κ2) is 4.28. The molecule has 96 valence electrons. The second-order valence-corrected chi connectivity index (χ2v) is 5.06. The third kappa shape index (κ3) is 1.60. The summed E-state index contributed by atoms with van der Waals surface area (Å²) in [5, 5.41) is 0. The molecule has 0 aromatic carbocycles. The molecule has 1 atom stereocenters. The van der Waals surface area contributed by atoms with Crippen LogP contribution in [0.25, 0.3) is 0 Å². The fraction of sp³-hybridized carbons (Fsp3) is 0.500. The molecule has 1 spiro atoms. The van der Waals surface area contributed by atoms with Crippen LogP contribution in [0.4, 0.5) is 0 Å². The lowest BCUT2D eigenvalue weighted by molar-refractivity contribution is -0.167. The van der Waals surface area contributed by atoms with Gasteiger partial charge in [-0.05, 0) is 31.1 Å². The number of ether oxygens (including phenoxy) is 1. The minimum atomic E-state index is -0.0199. The Labute approximate surface area is 106 Å². The van der Waals surface area contributed by atoms with Crippen molar-refractivity contribution in [3.05, 3.63) is 36.8 Å². The summed E-state index contributed by atoms with van der Waals surface area (Å²) in [6, 6.07) is 3.86. The summed E-state index contributed by atoms with van der Waals surface area (Å²) in [5.41, 5.74) is 0.134. The Morgan fingerprint density at radius 1 is 1.50 bits per heavy atom. The van der Waals surface area contributed by atoms with Crippen molar-refractivity contribution >= 4 is 5.91 Å². The maximum atomic E-state index is 11.9. The molecule has 2 aliphatic heterocycles. The normalized spacial score (nSPS) is 25.8. The molecule has 1 aromatic heterocycles. The molecule has 4 heteroatoms. The molecular weight excluding hydrogens is 230 g/mol. The van der Waals surface area contributed by atoms with E-state index in [1.807, 2.05) is 17.0 Å². The average Bonchev–Trinajstić information content (AvgIpc) is 2.89. The van der Waals surface area contributed by atoms with E-state index < -0.39 is 0 Å². The zero-order chi connectivity index (χ0) is 12.6. The summed E-state index contributed by atoms with van der Waals surface area (Å²) in [6.07, 6.45) is 5.01. The Kier molecular flexibility index (Phi) is 2.74. The molecule has 2 fully saturated rings. The van der Waals surface area contributed by atoms with Crippen molar-refractivity contribution in [1.29, 1.82) is 0 Å². The van der Waals surface area contributed by atoms with Crippen LogP contribution in [-0.4, -0.2) is 30.6 Å². The van der Waals surface area contributed by atoms with Gasteiger partial charge >= 0.3 is 0 Å². The summed E-state index contributed by atoms with van der Waals surface area (Å²) in [7, 11) is 0. The minimum absolute atomic E-state index is 0.0199. The molecule has 18 heavy (non-hydrogen) atoms.